The quantitative estimate of drug-likeness (QED) is 0.285. The summed E-state index contributed by atoms with van der Waals surface area (Å²) in [5.74, 6) is -0.963. The molecule has 0 spiro atoms. The van der Waals surface area contributed by atoms with Crippen molar-refractivity contribution < 1.29 is 27.1 Å². The number of hydrogen-bond donors (Lipinski definition) is 3. The number of H-pyrrole nitrogens is 1. The third-order valence-corrected chi connectivity index (χ3v) is 8.40. The van der Waals surface area contributed by atoms with Gasteiger partial charge in [-0.3, -0.25) is 9.59 Å². The second kappa shape index (κ2) is 11.2. The summed E-state index contributed by atoms with van der Waals surface area (Å²) in [6, 6.07) is 16.4. The molecule has 0 saturated carbocycles. The van der Waals surface area contributed by atoms with Crippen LogP contribution >= 0.6 is 0 Å². The molecule has 2 amide bonds. The molecular weight excluding hydrogens is 547 g/mol. The van der Waals surface area contributed by atoms with E-state index in [0.717, 1.165) is 33.3 Å². The van der Waals surface area contributed by atoms with E-state index in [9.17, 15) is 22.4 Å². The highest BCUT2D eigenvalue weighted by Crippen LogP contribution is 2.37. The van der Waals surface area contributed by atoms with Gasteiger partial charge in [-0.15, -0.1) is 0 Å². The number of fused-ring (bicyclic) bond motifs is 1. The maximum Gasteiger partial charge on any atom is 0.262 e. The van der Waals surface area contributed by atoms with E-state index in [0.29, 0.717) is 35.5 Å². The molecule has 0 aliphatic carbocycles. The Morgan fingerprint density at radius 1 is 1.10 bits per heavy atom. The first kappa shape index (κ1) is 28.1. The van der Waals surface area contributed by atoms with Crippen molar-refractivity contribution in [2.45, 2.75) is 13.3 Å². The van der Waals surface area contributed by atoms with Gasteiger partial charge in [0.2, 0.25) is 10.0 Å². The minimum atomic E-state index is -3.29. The van der Waals surface area contributed by atoms with Crippen molar-refractivity contribution in [3.63, 3.8) is 0 Å². The fourth-order valence-corrected chi connectivity index (χ4v) is 5.73. The lowest BCUT2D eigenvalue weighted by atomic mass is 9.94. The fraction of sp³-hybridized carbons (Fsp3) is 0.200. The highest BCUT2D eigenvalue weighted by atomic mass is 32.2. The Morgan fingerprint density at radius 2 is 1.85 bits per heavy atom. The fourth-order valence-electron chi connectivity index (χ4n) is 4.96. The molecule has 0 atom stereocenters. The minimum absolute atomic E-state index is 0.250. The zero-order valence-electron chi connectivity index (χ0n) is 22.5. The van der Waals surface area contributed by atoms with Crippen molar-refractivity contribution in [2.75, 3.05) is 31.3 Å². The Kier molecular flexibility index (Phi) is 7.65. The van der Waals surface area contributed by atoms with E-state index in [1.165, 1.54) is 34.8 Å². The van der Waals surface area contributed by atoms with Gasteiger partial charge in [-0.2, -0.15) is 4.31 Å². The second-order valence-electron chi connectivity index (χ2n) is 9.87. The molecule has 0 bridgehead atoms. The number of anilines is 1. The number of nitrogens with one attached hydrogen (secondary N) is 2. The Hall–Kier alpha value is -4.48. The molecule has 4 N–H and O–H groups in total. The average molecular weight is 577 g/mol. The van der Waals surface area contributed by atoms with Crippen LogP contribution in [0, 0.1) is 12.7 Å². The Bertz CT molecular complexity index is 1800. The maximum atomic E-state index is 13.1. The predicted molar refractivity (Wildman–Crippen MR) is 157 cm³/mol. The van der Waals surface area contributed by atoms with Crippen LogP contribution in [0.15, 0.2) is 66.7 Å². The molecule has 212 valence electrons. The number of carbonyl (C=O) groups excluding carboxylic acids is 2. The number of ether oxygens (including phenoxy) is 1. The van der Waals surface area contributed by atoms with E-state index in [1.54, 1.807) is 12.1 Å². The van der Waals surface area contributed by atoms with Gasteiger partial charge in [0.15, 0.2) is 6.61 Å². The van der Waals surface area contributed by atoms with Gasteiger partial charge in [0.1, 0.15) is 11.6 Å². The van der Waals surface area contributed by atoms with Crippen LogP contribution in [0.5, 0.6) is 5.75 Å². The summed E-state index contributed by atoms with van der Waals surface area (Å²) in [7, 11) is -3.29. The Morgan fingerprint density at radius 3 is 2.51 bits per heavy atom. The average Bonchev–Trinajstić information content (AvgIpc) is 3.39. The zero-order valence-corrected chi connectivity index (χ0v) is 23.3. The molecule has 3 aromatic carbocycles. The molecule has 1 aliphatic rings. The minimum Gasteiger partial charge on any atom is -0.484 e. The van der Waals surface area contributed by atoms with Crippen LogP contribution in [0.4, 0.5) is 10.1 Å². The molecule has 2 heterocycles. The number of carbonyl (C=O) groups is 2. The third kappa shape index (κ3) is 6.01. The number of aromatic nitrogens is 1. The molecule has 4 aromatic rings. The summed E-state index contributed by atoms with van der Waals surface area (Å²) < 4.78 is 43.8. The predicted octanol–water partition coefficient (Wildman–Crippen LogP) is 4.45. The van der Waals surface area contributed by atoms with Crippen LogP contribution in [0.2, 0.25) is 0 Å². The lowest BCUT2D eigenvalue weighted by molar-refractivity contribution is -0.118. The smallest absolute Gasteiger partial charge is 0.262 e. The van der Waals surface area contributed by atoms with Crippen molar-refractivity contribution in [1.82, 2.24) is 9.29 Å². The van der Waals surface area contributed by atoms with Crippen LogP contribution in [-0.2, 0) is 14.8 Å². The van der Waals surface area contributed by atoms with Crippen molar-refractivity contribution >= 4 is 44.0 Å². The van der Waals surface area contributed by atoms with Gasteiger partial charge in [0.25, 0.3) is 11.8 Å². The van der Waals surface area contributed by atoms with Crippen LogP contribution in [0.1, 0.15) is 28.0 Å². The van der Waals surface area contributed by atoms with Gasteiger partial charge in [-0.25, -0.2) is 12.8 Å². The number of benzene rings is 3. The van der Waals surface area contributed by atoms with Crippen molar-refractivity contribution in [3.8, 4) is 16.9 Å². The van der Waals surface area contributed by atoms with Gasteiger partial charge in [0.05, 0.1) is 17.3 Å². The molecular formula is C30H29FN4O5S. The molecule has 0 unspecified atom stereocenters. The number of amides is 2. The lowest BCUT2D eigenvalue weighted by Crippen LogP contribution is -2.33. The molecule has 1 aromatic heterocycles. The van der Waals surface area contributed by atoms with E-state index < -0.39 is 21.7 Å². The standard InChI is InChI=1S/C30H29FN4O5S/c1-18-22(4-3-5-26(18)33-28(36)17-40-21-8-6-20(31)7-9-21)23-10-11-24(30(32)37)29-25(23)16-27(34-29)19-12-14-35(15-13-19)41(2,38)39/h3-12,16,34H,13-15,17H2,1-2H3,(H2,32,37)(H,33,36). The van der Waals surface area contributed by atoms with E-state index >= 15 is 0 Å². The van der Waals surface area contributed by atoms with E-state index in [4.69, 9.17) is 10.5 Å². The van der Waals surface area contributed by atoms with Crippen LogP contribution < -0.4 is 15.8 Å². The summed E-state index contributed by atoms with van der Waals surface area (Å²) in [6.45, 7) is 2.27. The number of hydrogen-bond acceptors (Lipinski definition) is 5. The van der Waals surface area contributed by atoms with Gasteiger partial charge in [0, 0.05) is 29.9 Å². The van der Waals surface area contributed by atoms with Crippen molar-refractivity contribution in [1.29, 1.82) is 0 Å². The molecule has 0 saturated heterocycles. The molecule has 1 aliphatic heterocycles. The SMILES string of the molecule is Cc1c(NC(=O)COc2ccc(F)cc2)cccc1-c1ccc(C(N)=O)c2[nH]c(C3=CCN(S(C)(=O)=O)CC3)cc12. The molecule has 0 fully saturated rings. The Balaban J connectivity index is 1.45. The van der Waals surface area contributed by atoms with E-state index in [1.807, 2.05) is 37.3 Å². The molecule has 9 nitrogen and oxygen atoms in total. The van der Waals surface area contributed by atoms with Gasteiger partial charge < -0.3 is 20.8 Å². The summed E-state index contributed by atoms with van der Waals surface area (Å²) in [6.07, 6.45) is 3.58. The lowest BCUT2D eigenvalue weighted by Gasteiger charge is -2.23. The summed E-state index contributed by atoms with van der Waals surface area (Å²) in [5, 5.41) is 3.64. The first-order chi connectivity index (χ1) is 19.5. The number of rotatable bonds is 8. The van der Waals surface area contributed by atoms with E-state index in [-0.39, 0.29) is 19.1 Å². The number of primary amides is 1. The highest BCUT2D eigenvalue weighted by molar-refractivity contribution is 7.88. The Labute approximate surface area is 236 Å². The summed E-state index contributed by atoms with van der Waals surface area (Å²) in [5.41, 5.74) is 11.4. The van der Waals surface area contributed by atoms with Crippen LogP contribution in [0.3, 0.4) is 0 Å². The van der Waals surface area contributed by atoms with Gasteiger partial charge in [-0.1, -0.05) is 24.3 Å². The third-order valence-electron chi connectivity index (χ3n) is 7.13. The number of sulfonamides is 1. The first-order valence-electron chi connectivity index (χ1n) is 12.9. The molecule has 11 heteroatoms. The van der Waals surface area contributed by atoms with E-state index in [2.05, 4.69) is 10.3 Å². The van der Waals surface area contributed by atoms with Crippen molar-refractivity contribution in [3.05, 3.63) is 89.4 Å². The molecule has 41 heavy (non-hydrogen) atoms. The number of aromatic amines is 1. The van der Waals surface area contributed by atoms with Gasteiger partial charge >= 0.3 is 0 Å². The molecule has 0 radical (unpaired) electrons. The normalized spacial score (nSPS) is 14.1. The second-order valence-corrected chi connectivity index (χ2v) is 11.8. The number of halogens is 1. The maximum absolute atomic E-state index is 13.1. The largest absolute Gasteiger partial charge is 0.484 e. The number of nitrogens with two attached hydrogens (primary N) is 1. The van der Waals surface area contributed by atoms with Gasteiger partial charge in [-0.05, 0) is 78.1 Å². The van der Waals surface area contributed by atoms with Crippen molar-refractivity contribution in [2.24, 2.45) is 5.73 Å². The topological polar surface area (TPSA) is 135 Å². The number of nitrogens with zero attached hydrogens (tertiary/aromatic N) is 1. The monoisotopic (exact) mass is 576 g/mol. The van der Waals surface area contributed by atoms with Crippen LogP contribution in [0.25, 0.3) is 27.6 Å². The van der Waals surface area contributed by atoms with Crippen LogP contribution in [-0.4, -0.2) is 55.5 Å². The molecule has 5 rings (SSSR count). The highest BCUT2D eigenvalue weighted by Gasteiger charge is 2.23. The first-order valence-corrected chi connectivity index (χ1v) is 14.7. The summed E-state index contributed by atoms with van der Waals surface area (Å²) in [4.78, 5) is 28.2. The zero-order chi connectivity index (χ0) is 29.3. The summed E-state index contributed by atoms with van der Waals surface area (Å²) >= 11 is 0.